The number of hydrogen-bond acceptors (Lipinski definition) is 3. The highest BCUT2D eigenvalue weighted by molar-refractivity contribution is 5.33. The summed E-state index contributed by atoms with van der Waals surface area (Å²) in [5, 5.41) is 3.49. The third kappa shape index (κ3) is 3.74. The van der Waals surface area contributed by atoms with Crippen molar-refractivity contribution in [1.82, 2.24) is 10.2 Å². The van der Waals surface area contributed by atoms with E-state index in [-0.39, 0.29) is 0 Å². The molecule has 0 spiro atoms. The molecule has 0 aromatic heterocycles. The number of benzene rings is 1. The van der Waals surface area contributed by atoms with Crippen molar-refractivity contribution in [2.45, 2.75) is 45.2 Å². The standard InChI is InChI=1S/C17H28N2O/c1-4-11-19(16-9-10-18-13-16)14(2)12-15-7-5-6-8-17(15)20-3/h5-8,14,16,18H,4,9-13H2,1-3H3. The number of nitrogens with one attached hydrogen (secondary N) is 1. The minimum Gasteiger partial charge on any atom is -0.496 e. The SMILES string of the molecule is CCCN(C(C)Cc1ccccc1OC)C1CCNC1. The van der Waals surface area contributed by atoms with Crippen LogP contribution >= 0.6 is 0 Å². The third-order valence-corrected chi connectivity index (χ3v) is 4.26. The summed E-state index contributed by atoms with van der Waals surface area (Å²) in [4.78, 5) is 2.67. The number of rotatable bonds is 7. The van der Waals surface area contributed by atoms with Crippen molar-refractivity contribution >= 4 is 0 Å². The minimum atomic E-state index is 0.552. The number of methoxy groups -OCH3 is 1. The van der Waals surface area contributed by atoms with Crippen LogP contribution in [0.3, 0.4) is 0 Å². The quantitative estimate of drug-likeness (QED) is 0.828. The van der Waals surface area contributed by atoms with Crippen LogP contribution in [0.15, 0.2) is 24.3 Å². The van der Waals surface area contributed by atoms with Crippen molar-refractivity contribution in [2.24, 2.45) is 0 Å². The maximum atomic E-state index is 5.48. The van der Waals surface area contributed by atoms with Crippen molar-refractivity contribution in [3.63, 3.8) is 0 Å². The van der Waals surface area contributed by atoms with Gasteiger partial charge in [0.15, 0.2) is 0 Å². The van der Waals surface area contributed by atoms with Gasteiger partial charge in [-0.1, -0.05) is 25.1 Å². The molecule has 0 amide bonds. The largest absolute Gasteiger partial charge is 0.496 e. The molecule has 3 nitrogen and oxygen atoms in total. The summed E-state index contributed by atoms with van der Waals surface area (Å²) < 4.78 is 5.48. The molecule has 1 aliphatic heterocycles. The molecule has 1 saturated heterocycles. The first-order chi connectivity index (χ1) is 9.76. The molecule has 2 unspecified atom stereocenters. The second kappa shape index (κ2) is 7.65. The average molecular weight is 276 g/mol. The van der Waals surface area contributed by atoms with Crippen LogP contribution in [0, 0.1) is 0 Å². The van der Waals surface area contributed by atoms with Crippen LogP contribution in [0.4, 0.5) is 0 Å². The van der Waals surface area contributed by atoms with E-state index in [2.05, 4.69) is 42.3 Å². The van der Waals surface area contributed by atoms with E-state index in [1.807, 2.05) is 6.07 Å². The van der Waals surface area contributed by atoms with Crippen LogP contribution in [-0.2, 0) is 6.42 Å². The highest BCUT2D eigenvalue weighted by Gasteiger charge is 2.26. The summed E-state index contributed by atoms with van der Waals surface area (Å²) in [5.74, 6) is 1.01. The normalized spacial score (nSPS) is 20.3. The van der Waals surface area contributed by atoms with E-state index in [1.165, 1.54) is 24.9 Å². The highest BCUT2D eigenvalue weighted by Crippen LogP contribution is 2.22. The third-order valence-electron chi connectivity index (χ3n) is 4.26. The lowest BCUT2D eigenvalue weighted by molar-refractivity contribution is 0.151. The molecule has 1 aliphatic rings. The van der Waals surface area contributed by atoms with Gasteiger partial charge in [0.25, 0.3) is 0 Å². The predicted molar refractivity (Wildman–Crippen MR) is 84.4 cm³/mol. The van der Waals surface area contributed by atoms with Crippen LogP contribution in [0.2, 0.25) is 0 Å². The van der Waals surface area contributed by atoms with E-state index in [0.717, 1.165) is 25.3 Å². The first-order valence-electron chi connectivity index (χ1n) is 7.84. The summed E-state index contributed by atoms with van der Waals surface area (Å²) in [5.41, 5.74) is 1.31. The lowest BCUT2D eigenvalue weighted by atomic mass is 10.0. The van der Waals surface area contributed by atoms with Gasteiger partial charge in [-0.25, -0.2) is 0 Å². The maximum absolute atomic E-state index is 5.48. The molecule has 1 heterocycles. The molecule has 0 radical (unpaired) electrons. The highest BCUT2D eigenvalue weighted by atomic mass is 16.5. The van der Waals surface area contributed by atoms with E-state index >= 15 is 0 Å². The summed E-state index contributed by atoms with van der Waals surface area (Å²) in [6.45, 7) is 8.09. The van der Waals surface area contributed by atoms with Crippen LogP contribution in [-0.4, -0.2) is 43.7 Å². The van der Waals surface area contributed by atoms with E-state index in [9.17, 15) is 0 Å². The molecule has 2 rings (SSSR count). The molecule has 3 heteroatoms. The monoisotopic (exact) mass is 276 g/mol. The molecule has 112 valence electrons. The van der Waals surface area contributed by atoms with Crippen LogP contribution in [0.5, 0.6) is 5.75 Å². The number of para-hydroxylation sites is 1. The fraction of sp³-hybridized carbons (Fsp3) is 0.647. The number of ether oxygens (including phenoxy) is 1. The van der Waals surface area contributed by atoms with Crippen molar-refractivity contribution < 1.29 is 4.74 Å². The summed E-state index contributed by atoms with van der Waals surface area (Å²) in [6, 6.07) is 9.63. The Balaban J connectivity index is 2.05. The topological polar surface area (TPSA) is 24.5 Å². The van der Waals surface area contributed by atoms with Crippen LogP contribution in [0.25, 0.3) is 0 Å². The zero-order chi connectivity index (χ0) is 14.4. The molecule has 0 bridgehead atoms. The maximum Gasteiger partial charge on any atom is 0.122 e. The molecular formula is C17H28N2O. The Hall–Kier alpha value is -1.06. The molecule has 1 aromatic carbocycles. The van der Waals surface area contributed by atoms with Gasteiger partial charge in [0.05, 0.1) is 7.11 Å². The zero-order valence-corrected chi connectivity index (χ0v) is 13.1. The zero-order valence-electron chi connectivity index (χ0n) is 13.1. The van der Waals surface area contributed by atoms with Gasteiger partial charge in [-0.05, 0) is 50.9 Å². The summed E-state index contributed by atoms with van der Waals surface area (Å²) >= 11 is 0. The van der Waals surface area contributed by atoms with E-state index in [1.54, 1.807) is 7.11 Å². The molecule has 0 saturated carbocycles. The molecule has 1 fully saturated rings. The van der Waals surface area contributed by atoms with E-state index in [0.29, 0.717) is 12.1 Å². The molecule has 1 N–H and O–H groups in total. The van der Waals surface area contributed by atoms with Crippen LogP contribution < -0.4 is 10.1 Å². The minimum absolute atomic E-state index is 0.552. The van der Waals surface area contributed by atoms with Gasteiger partial charge in [-0.3, -0.25) is 4.90 Å². The second-order valence-corrected chi connectivity index (χ2v) is 5.75. The fourth-order valence-electron chi connectivity index (χ4n) is 3.25. The van der Waals surface area contributed by atoms with Gasteiger partial charge in [-0.15, -0.1) is 0 Å². The lowest BCUT2D eigenvalue weighted by Gasteiger charge is -2.34. The number of hydrogen-bond donors (Lipinski definition) is 1. The van der Waals surface area contributed by atoms with Gasteiger partial charge >= 0.3 is 0 Å². The van der Waals surface area contributed by atoms with Gasteiger partial charge in [0, 0.05) is 18.6 Å². The Morgan fingerprint density at radius 2 is 2.20 bits per heavy atom. The number of nitrogens with zero attached hydrogens (tertiary/aromatic N) is 1. The Labute approximate surface area is 123 Å². The van der Waals surface area contributed by atoms with Gasteiger partial charge in [-0.2, -0.15) is 0 Å². The molecular weight excluding hydrogens is 248 g/mol. The van der Waals surface area contributed by atoms with E-state index in [4.69, 9.17) is 4.74 Å². The first kappa shape index (κ1) is 15.3. The molecule has 2 atom stereocenters. The van der Waals surface area contributed by atoms with Crippen molar-refractivity contribution in [3.05, 3.63) is 29.8 Å². The summed E-state index contributed by atoms with van der Waals surface area (Å²) in [6.07, 6.45) is 3.55. The van der Waals surface area contributed by atoms with Crippen molar-refractivity contribution in [1.29, 1.82) is 0 Å². The Morgan fingerprint density at radius 1 is 1.40 bits per heavy atom. The first-order valence-corrected chi connectivity index (χ1v) is 7.84. The Kier molecular flexibility index (Phi) is 5.86. The van der Waals surface area contributed by atoms with E-state index < -0.39 is 0 Å². The Bertz CT molecular complexity index is 402. The lowest BCUT2D eigenvalue weighted by Crippen LogP contribution is -2.44. The van der Waals surface area contributed by atoms with Gasteiger partial charge in [0.1, 0.15) is 5.75 Å². The second-order valence-electron chi connectivity index (χ2n) is 5.75. The van der Waals surface area contributed by atoms with Crippen molar-refractivity contribution in [3.8, 4) is 5.75 Å². The fourth-order valence-corrected chi connectivity index (χ4v) is 3.25. The molecule has 1 aromatic rings. The van der Waals surface area contributed by atoms with Gasteiger partial charge in [0.2, 0.25) is 0 Å². The Morgan fingerprint density at radius 3 is 2.85 bits per heavy atom. The van der Waals surface area contributed by atoms with Crippen molar-refractivity contribution in [2.75, 3.05) is 26.7 Å². The summed E-state index contributed by atoms with van der Waals surface area (Å²) in [7, 11) is 1.76. The van der Waals surface area contributed by atoms with Crippen LogP contribution in [0.1, 0.15) is 32.3 Å². The average Bonchev–Trinajstić information content (AvgIpc) is 2.99. The molecule has 20 heavy (non-hydrogen) atoms. The molecule has 0 aliphatic carbocycles. The van der Waals surface area contributed by atoms with Gasteiger partial charge < -0.3 is 10.1 Å². The predicted octanol–water partition coefficient (Wildman–Crippen LogP) is 2.70. The smallest absolute Gasteiger partial charge is 0.122 e.